The molecule has 2 heterocycles. The van der Waals surface area contributed by atoms with Crippen LogP contribution in [0.25, 0.3) is 61.2 Å². The zero-order chi connectivity index (χ0) is 25.5. The van der Waals surface area contributed by atoms with Gasteiger partial charge in [0.05, 0.1) is 0 Å². The lowest BCUT2D eigenvalue weighted by Gasteiger charge is -2.08. The quantitative estimate of drug-likeness (QED) is 0.237. The largest absolute Gasteiger partial charge is 0.219 e. The summed E-state index contributed by atoms with van der Waals surface area (Å²) in [6, 6.07) is 43.7. The van der Waals surface area contributed by atoms with Gasteiger partial charge in [-0.25, -0.2) is 9.50 Å². The molecule has 0 amide bonds. The summed E-state index contributed by atoms with van der Waals surface area (Å²) in [5, 5.41) is 7.86. The third kappa shape index (κ3) is 3.94. The smallest absolute Gasteiger partial charge is 0.182 e. The molecule has 0 aliphatic heterocycles. The van der Waals surface area contributed by atoms with Crippen molar-refractivity contribution in [3.8, 4) is 44.8 Å². The molecule has 0 spiro atoms. The second-order valence-electron chi connectivity index (χ2n) is 9.30. The molecule has 7 aromatic rings. The Morgan fingerprint density at radius 3 is 1.89 bits per heavy atom. The fourth-order valence-electron chi connectivity index (χ4n) is 5.05. The molecule has 7 rings (SSSR count). The van der Waals surface area contributed by atoms with E-state index in [-0.39, 0.29) is 0 Å². The summed E-state index contributed by atoms with van der Waals surface area (Å²) >= 11 is 6.45. The fraction of sp³-hybridized carbons (Fsp3) is 0. The number of halogens is 1. The van der Waals surface area contributed by atoms with Gasteiger partial charge in [0, 0.05) is 33.3 Å². The van der Waals surface area contributed by atoms with Gasteiger partial charge in [-0.15, -0.1) is 5.10 Å². The first-order valence-corrected chi connectivity index (χ1v) is 12.9. The van der Waals surface area contributed by atoms with Crippen LogP contribution in [0.1, 0.15) is 0 Å². The summed E-state index contributed by atoms with van der Waals surface area (Å²) in [5.41, 5.74) is 8.48. The average molecular weight is 508 g/mol. The van der Waals surface area contributed by atoms with E-state index in [0.29, 0.717) is 5.82 Å². The van der Waals surface area contributed by atoms with Crippen LogP contribution in [0.15, 0.2) is 134 Å². The highest BCUT2D eigenvalue weighted by Crippen LogP contribution is 2.34. The van der Waals surface area contributed by atoms with Gasteiger partial charge >= 0.3 is 0 Å². The van der Waals surface area contributed by atoms with E-state index in [9.17, 15) is 0 Å². The summed E-state index contributed by atoms with van der Waals surface area (Å²) in [6.07, 6.45) is 2.06. The second-order valence-corrected chi connectivity index (χ2v) is 9.70. The molecular formula is C34H22ClN3. The van der Waals surface area contributed by atoms with E-state index in [0.717, 1.165) is 60.4 Å². The van der Waals surface area contributed by atoms with Gasteiger partial charge in [-0.1, -0.05) is 127 Å². The van der Waals surface area contributed by atoms with Gasteiger partial charge in [0.15, 0.2) is 11.5 Å². The Kier molecular flexibility index (Phi) is 5.49. The molecule has 2 aromatic heterocycles. The number of aromatic nitrogens is 3. The predicted molar refractivity (Wildman–Crippen MR) is 157 cm³/mol. The van der Waals surface area contributed by atoms with Crippen molar-refractivity contribution in [3.05, 3.63) is 139 Å². The van der Waals surface area contributed by atoms with Gasteiger partial charge in [0.1, 0.15) is 0 Å². The third-order valence-corrected chi connectivity index (χ3v) is 7.28. The number of nitrogens with zero attached hydrogens (tertiary/aromatic N) is 3. The molecule has 0 aliphatic rings. The van der Waals surface area contributed by atoms with Crippen LogP contribution in [-0.2, 0) is 0 Å². The zero-order valence-corrected chi connectivity index (χ0v) is 21.2. The van der Waals surface area contributed by atoms with Crippen LogP contribution in [0.3, 0.4) is 0 Å². The Balaban J connectivity index is 1.34. The van der Waals surface area contributed by atoms with Crippen molar-refractivity contribution in [1.82, 2.24) is 14.6 Å². The van der Waals surface area contributed by atoms with Crippen molar-refractivity contribution in [2.24, 2.45) is 0 Å². The second kappa shape index (κ2) is 9.29. The van der Waals surface area contributed by atoms with Crippen LogP contribution < -0.4 is 0 Å². The van der Waals surface area contributed by atoms with E-state index >= 15 is 0 Å². The fourth-order valence-corrected chi connectivity index (χ4v) is 5.29. The first-order chi connectivity index (χ1) is 18.7. The van der Waals surface area contributed by atoms with Crippen molar-refractivity contribution >= 4 is 28.0 Å². The molecule has 5 aromatic carbocycles. The molecule has 0 N–H and O–H groups in total. The molecule has 38 heavy (non-hydrogen) atoms. The average Bonchev–Trinajstić information content (AvgIpc) is 3.42. The lowest BCUT2D eigenvalue weighted by atomic mass is 9.97. The van der Waals surface area contributed by atoms with Crippen LogP contribution in [0.2, 0.25) is 5.02 Å². The van der Waals surface area contributed by atoms with Gasteiger partial charge < -0.3 is 0 Å². The lowest BCUT2D eigenvalue weighted by Crippen LogP contribution is -1.93. The highest BCUT2D eigenvalue weighted by Gasteiger charge is 2.14. The highest BCUT2D eigenvalue weighted by atomic mass is 35.5. The molecule has 3 nitrogen and oxygen atoms in total. The number of hydrogen-bond donors (Lipinski definition) is 0. The maximum absolute atomic E-state index is 6.45. The van der Waals surface area contributed by atoms with Gasteiger partial charge in [-0.05, 0) is 39.8 Å². The van der Waals surface area contributed by atoms with E-state index < -0.39 is 0 Å². The van der Waals surface area contributed by atoms with E-state index in [1.54, 1.807) is 0 Å². The SMILES string of the molecule is Clc1cccc2c(-c3ccc(-c4nc5c(-c6ccccc6)cc(-c6ccccc6)cn5n4)cc3)cccc12. The summed E-state index contributed by atoms with van der Waals surface area (Å²) in [6.45, 7) is 0. The van der Waals surface area contributed by atoms with Crippen LogP contribution >= 0.6 is 11.6 Å². The predicted octanol–water partition coefficient (Wildman–Crippen LogP) is 9.20. The minimum Gasteiger partial charge on any atom is -0.219 e. The number of fused-ring (bicyclic) bond motifs is 2. The number of rotatable bonds is 4. The van der Waals surface area contributed by atoms with Crippen molar-refractivity contribution in [2.75, 3.05) is 0 Å². The lowest BCUT2D eigenvalue weighted by molar-refractivity contribution is 0.968. The van der Waals surface area contributed by atoms with Crippen molar-refractivity contribution in [2.45, 2.75) is 0 Å². The molecule has 0 atom stereocenters. The van der Waals surface area contributed by atoms with Crippen molar-refractivity contribution in [3.63, 3.8) is 0 Å². The molecule has 180 valence electrons. The summed E-state index contributed by atoms with van der Waals surface area (Å²) in [5.74, 6) is 0.694. The minimum absolute atomic E-state index is 0.694. The van der Waals surface area contributed by atoms with Gasteiger partial charge in [-0.3, -0.25) is 0 Å². The van der Waals surface area contributed by atoms with Crippen LogP contribution in [0.4, 0.5) is 0 Å². The Labute approximate surface area is 225 Å². The third-order valence-electron chi connectivity index (χ3n) is 6.95. The van der Waals surface area contributed by atoms with E-state index in [2.05, 4.69) is 109 Å². The monoisotopic (exact) mass is 507 g/mol. The Morgan fingerprint density at radius 1 is 0.500 bits per heavy atom. The number of pyridine rings is 1. The summed E-state index contributed by atoms with van der Waals surface area (Å²) in [4.78, 5) is 4.99. The molecule has 0 unspecified atom stereocenters. The molecule has 0 saturated heterocycles. The molecule has 0 radical (unpaired) electrons. The number of hydrogen-bond acceptors (Lipinski definition) is 2. The molecule has 0 aliphatic carbocycles. The topological polar surface area (TPSA) is 30.2 Å². The van der Waals surface area contributed by atoms with Crippen LogP contribution in [0.5, 0.6) is 0 Å². The minimum atomic E-state index is 0.694. The summed E-state index contributed by atoms with van der Waals surface area (Å²) in [7, 11) is 0. The van der Waals surface area contributed by atoms with Crippen molar-refractivity contribution < 1.29 is 0 Å². The van der Waals surface area contributed by atoms with E-state index in [1.165, 1.54) is 0 Å². The molecular weight excluding hydrogens is 486 g/mol. The van der Waals surface area contributed by atoms with Crippen molar-refractivity contribution in [1.29, 1.82) is 0 Å². The first kappa shape index (κ1) is 22.5. The van der Waals surface area contributed by atoms with Crippen LogP contribution in [-0.4, -0.2) is 14.6 Å². The van der Waals surface area contributed by atoms with Gasteiger partial charge in [0.2, 0.25) is 0 Å². The summed E-state index contributed by atoms with van der Waals surface area (Å²) < 4.78 is 1.90. The normalized spacial score (nSPS) is 11.3. The maximum atomic E-state index is 6.45. The Bertz CT molecular complexity index is 1910. The Morgan fingerprint density at radius 2 is 1.13 bits per heavy atom. The van der Waals surface area contributed by atoms with Crippen LogP contribution in [0, 0.1) is 0 Å². The standard InChI is InChI=1S/C34H22ClN3/c35-32-16-8-14-29-28(13-7-15-30(29)32)25-17-19-26(20-18-25)33-36-34-31(24-11-5-2-6-12-24)21-27(22-38(34)37-33)23-9-3-1-4-10-23/h1-22H. The van der Waals surface area contributed by atoms with Gasteiger partial charge in [0.25, 0.3) is 0 Å². The number of benzene rings is 5. The highest BCUT2D eigenvalue weighted by molar-refractivity contribution is 6.35. The first-order valence-electron chi connectivity index (χ1n) is 12.5. The molecule has 0 fully saturated rings. The van der Waals surface area contributed by atoms with E-state index in [1.807, 2.05) is 28.8 Å². The molecule has 0 saturated carbocycles. The Hall–Kier alpha value is -4.73. The van der Waals surface area contributed by atoms with Gasteiger partial charge in [-0.2, -0.15) is 0 Å². The molecule has 4 heteroatoms. The maximum Gasteiger partial charge on any atom is 0.182 e. The molecule has 0 bridgehead atoms. The zero-order valence-electron chi connectivity index (χ0n) is 20.4. The van der Waals surface area contributed by atoms with E-state index in [4.69, 9.17) is 21.7 Å².